The molecule has 9 heteroatoms. The Labute approximate surface area is 210 Å². The number of carbonyl (C=O) groups is 1. The molecule has 1 aliphatic rings. The van der Waals surface area contributed by atoms with Gasteiger partial charge in [-0.3, -0.25) is 9.32 Å². The SMILES string of the molecule is N#Cc1c(NC(=O)CCSc2c(=O)o[nH][n+]2-c2ccccc2)sc2c1CCC(c1ccccc1)C2. The zero-order chi connectivity index (χ0) is 24.2. The Kier molecular flexibility index (Phi) is 6.84. The van der Waals surface area contributed by atoms with E-state index in [0.29, 0.717) is 27.3 Å². The maximum absolute atomic E-state index is 12.7. The standard InChI is InChI=1S/C26H22N4O3S2/c27-16-21-20-12-11-18(17-7-3-1-4-8-17)15-22(20)35-24(21)28-23(31)13-14-34-25-26(32)33-29-30(25)19-9-5-2-6-10-19/h1-10,18H,11-15H2,(H-,28,29,31,32)/p+1. The topological polar surface area (TPSA) is 103 Å². The highest BCUT2D eigenvalue weighted by Crippen LogP contribution is 2.42. The molecule has 5 rings (SSSR count). The number of aromatic amines is 1. The van der Waals surface area contributed by atoms with Crippen LogP contribution in [0, 0.1) is 11.3 Å². The van der Waals surface area contributed by atoms with Crippen molar-refractivity contribution in [2.24, 2.45) is 0 Å². The molecule has 0 spiro atoms. The van der Waals surface area contributed by atoms with Crippen LogP contribution in [0.15, 0.2) is 75.0 Å². The van der Waals surface area contributed by atoms with Gasteiger partial charge >= 0.3 is 10.7 Å². The van der Waals surface area contributed by atoms with Crippen molar-refractivity contribution < 1.29 is 14.0 Å². The number of anilines is 1. The summed E-state index contributed by atoms with van der Waals surface area (Å²) in [5.41, 5.74) is 3.26. The number of H-pyrrole nitrogens is 1. The van der Waals surface area contributed by atoms with Crippen LogP contribution in [0.1, 0.15) is 40.3 Å². The third-order valence-electron chi connectivity index (χ3n) is 6.09. The lowest BCUT2D eigenvalue weighted by Crippen LogP contribution is -2.36. The van der Waals surface area contributed by atoms with Crippen molar-refractivity contribution in [1.29, 1.82) is 5.26 Å². The van der Waals surface area contributed by atoms with Gasteiger partial charge in [-0.15, -0.1) is 11.3 Å². The fourth-order valence-electron chi connectivity index (χ4n) is 4.37. The normalized spacial score (nSPS) is 14.8. The molecule has 7 nitrogen and oxygen atoms in total. The molecule has 176 valence electrons. The van der Waals surface area contributed by atoms with E-state index < -0.39 is 5.63 Å². The van der Waals surface area contributed by atoms with Crippen LogP contribution in [-0.4, -0.2) is 16.9 Å². The van der Waals surface area contributed by atoms with Crippen LogP contribution in [0.2, 0.25) is 0 Å². The summed E-state index contributed by atoms with van der Waals surface area (Å²) in [5.74, 6) is 0.640. The van der Waals surface area contributed by atoms with Crippen LogP contribution in [-0.2, 0) is 17.6 Å². The number of amides is 1. The molecule has 35 heavy (non-hydrogen) atoms. The molecule has 2 N–H and O–H groups in total. The number of aromatic nitrogens is 2. The average molecular weight is 504 g/mol. The van der Waals surface area contributed by atoms with Gasteiger partial charge < -0.3 is 5.32 Å². The quantitative estimate of drug-likeness (QED) is 0.284. The summed E-state index contributed by atoms with van der Waals surface area (Å²) in [4.78, 5) is 26.0. The summed E-state index contributed by atoms with van der Waals surface area (Å²) >= 11 is 2.76. The van der Waals surface area contributed by atoms with Crippen LogP contribution in [0.4, 0.5) is 5.00 Å². The van der Waals surface area contributed by atoms with E-state index in [2.05, 4.69) is 40.9 Å². The van der Waals surface area contributed by atoms with Gasteiger partial charge in [0.2, 0.25) is 11.6 Å². The van der Waals surface area contributed by atoms with E-state index in [1.807, 2.05) is 36.4 Å². The molecule has 2 aromatic heterocycles. The predicted octanol–water partition coefficient (Wildman–Crippen LogP) is 4.57. The Hall–Kier alpha value is -3.61. The van der Waals surface area contributed by atoms with Crippen molar-refractivity contribution in [3.05, 3.63) is 92.7 Å². The first-order valence-electron chi connectivity index (χ1n) is 11.3. The van der Waals surface area contributed by atoms with E-state index in [9.17, 15) is 14.9 Å². The number of nitriles is 1. The van der Waals surface area contributed by atoms with Gasteiger partial charge in [0.15, 0.2) is 0 Å². The number of benzene rings is 2. The predicted molar refractivity (Wildman–Crippen MR) is 135 cm³/mol. The largest absolute Gasteiger partial charge is 0.442 e. The van der Waals surface area contributed by atoms with Gasteiger partial charge in [-0.05, 0) is 58.0 Å². The van der Waals surface area contributed by atoms with Crippen LogP contribution in [0.3, 0.4) is 0 Å². The lowest BCUT2D eigenvalue weighted by Gasteiger charge is -2.22. The number of thioether (sulfide) groups is 1. The highest BCUT2D eigenvalue weighted by Gasteiger charge is 2.28. The smallest absolute Gasteiger partial charge is 0.317 e. The summed E-state index contributed by atoms with van der Waals surface area (Å²) in [5, 5.41) is 16.3. The molecule has 0 aliphatic heterocycles. The van der Waals surface area contributed by atoms with E-state index >= 15 is 0 Å². The minimum absolute atomic E-state index is 0.182. The van der Waals surface area contributed by atoms with Gasteiger partial charge in [-0.25, -0.2) is 4.79 Å². The highest BCUT2D eigenvalue weighted by atomic mass is 32.2. The second-order valence-electron chi connectivity index (χ2n) is 8.27. The monoisotopic (exact) mass is 503 g/mol. The zero-order valence-corrected chi connectivity index (χ0v) is 20.5. The van der Waals surface area contributed by atoms with Crippen molar-refractivity contribution in [1.82, 2.24) is 5.27 Å². The Balaban J connectivity index is 1.23. The third-order valence-corrected chi connectivity index (χ3v) is 8.29. The van der Waals surface area contributed by atoms with Gasteiger partial charge in [-0.2, -0.15) is 5.26 Å². The first-order valence-corrected chi connectivity index (χ1v) is 13.2. The second kappa shape index (κ2) is 10.3. The van der Waals surface area contributed by atoms with E-state index in [-0.39, 0.29) is 12.3 Å². The molecular weight excluding hydrogens is 480 g/mol. The summed E-state index contributed by atoms with van der Waals surface area (Å²) in [6.45, 7) is 0. The van der Waals surface area contributed by atoms with Gasteiger partial charge in [0.25, 0.3) is 0 Å². The summed E-state index contributed by atoms with van der Waals surface area (Å²) in [6, 6.07) is 22.1. The van der Waals surface area contributed by atoms with Crippen LogP contribution in [0.25, 0.3) is 5.69 Å². The maximum Gasteiger partial charge on any atom is 0.442 e. The number of rotatable bonds is 7. The van der Waals surface area contributed by atoms with E-state index in [1.54, 1.807) is 4.68 Å². The molecule has 1 amide bonds. The summed E-state index contributed by atoms with van der Waals surface area (Å²) in [7, 11) is 0. The van der Waals surface area contributed by atoms with Crippen LogP contribution < -0.4 is 15.6 Å². The van der Waals surface area contributed by atoms with Gasteiger partial charge in [0.05, 0.1) is 5.56 Å². The lowest BCUT2D eigenvalue weighted by atomic mass is 9.83. The van der Waals surface area contributed by atoms with Crippen molar-refractivity contribution in [2.45, 2.75) is 36.6 Å². The van der Waals surface area contributed by atoms with Gasteiger partial charge in [0, 0.05) is 29.2 Å². The van der Waals surface area contributed by atoms with Crippen molar-refractivity contribution >= 4 is 34.0 Å². The Morgan fingerprint density at radius 1 is 1.20 bits per heavy atom. The molecule has 2 aromatic carbocycles. The molecule has 1 aliphatic carbocycles. The zero-order valence-electron chi connectivity index (χ0n) is 18.8. The molecule has 1 atom stereocenters. The highest BCUT2D eigenvalue weighted by molar-refractivity contribution is 7.99. The minimum Gasteiger partial charge on any atom is -0.317 e. The number of hydrogen-bond acceptors (Lipinski definition) is 6. The number of nitrogens with zero attached hydrogens (tertiary/aromatic N) is 2. The number of fused-ring (bicyclic) bond motifs is 1. The number of carbonyl (C=O) groups excluding carboxylic acids is 1. The van der Waals surface area contributed by atoms with E-state index in [4.69, 9.17) is 4.52 Å². The van der Waals surface area contributed by atoms with Crippen molar-refractivity contribution in [2.75, 3.05) is 11.1 Å². The van der Waals surface area contributed by atoms with Gasteiger partial charge in [0.1, 0.15) is 11.1 Å². The fourth-order valence-corrected chi connectivity index (χ4v) is 6.57. The van der Waals surface area contributed by atoms with Crippen molar-refractivity contribution in [3.8, 4) is 11.8 Å². The first-order chi connectivity index (χ1) is 17.1. The number of thiophene rings is 1. The first kappa shape index (κ1) is 23.1. The van der Waals surface area contributed by atoms with Crippen LogP contribution in [0.5, 0.6) is 0 Å². The molecule has 4 aromatic rings. The molecule has 0 bridgehead atoms. The maximum atomic E-state index is 12.7. The van der Waals surface area contributed by atoms with Crippen molar-refractivity contribution in [3.63, 3.8) is 0 Å². The lowest BCUT2D eigenvalue weighted by molar-refractivity contribution is -0.704. The summed E-state index contributed by atoms with van der Waals surface area (Å²) in [6.07, 6.45) is 2.91. The second-order valence-corrected chi connectivity index (χ2v) is 10.5. The number of nitrogens with one attached hydrogen (secondary N) is 2. The molecule has 0 fully saturated rings. The Morgan fingerprint density at radius 3 is 2.69 bits per heavy atom. The van der Waals surface area contributed by atoms with E-state index in [1.165, 1.54) is 33.5 Å². The Morgan fingerprint density at radius 2 is 1.94 bits per heavy atom. The third kappa shape index (κ3) is 4.94. The minimum atomic E-state index is -0.482. The summed E-state index contributed by atoms with van der Waals surface area (Å²) < 4.78 is 6.51. The fraction of sp³-hybridized carbons (Fsp3) is 0.231. The molecule has 2 heterocycles. The van der Waals surface area contributed by atoms with Crippen LogP contribution >= 0.6 is 23.1 Å². The molecule has 0 radical (unpaired) electrons. The van der Waals surface area contributed by atoms with Gasteiger partial charge in [-0.1, -0.05) is 48.5 Å². The molecule has 1 unspecified atom stereocenters. The molecule has 0 saturated carbocycles. The number of para-hydroxylation sites is 1. The number of hydrogen-bond donors (Lipinski definition) is 2. The average Bonchev–Trinajstić information content (AvgIpc) is 3.43. The van der Waals surface area contributed by atoms with E-state index in [0.717, 1.165) is 30.5 Å². The Bertz CT molecular complexity index is 1440. The molecular formula is C26H23N4O3S2+. The molecule has 0 saturated heterocycles.